The second-order valence-electron chi connectivity index (χ2n) is 8.90. The van der Waals surface area contributed by atoms with Crippen LogP contribution in [0, 0.1) is 6.92 Å². The highest BCUT2D eigenvalue weighted by Gasteiger charge is 2.31. The molecule has 2 aliphatic rings. The maximum absolute atomic E-state index is 13.4. The number of carbonyl (C=O) groups excluding carboxylic acids is 2. The predicted molar refractivity (Wildman–Crippen MR) is 133 cm³/mol. The summed E-state index contributed by atoms with van der Waals surface area (Å²) >= 11 is 0. The number of benzene rings is 2. The lowest BCUT2D eigenvalue weighted by Crippen LogP contribution is -2.40. The Balaban J connectivity index is 1.41. The summed E-state index contributed by atoms with van der Waals surface area (Å²) in [5.74, 6) is 0.337. The molecule has 7 heteroatoms. The van der Waals surface area contributed by atoms with Gasteiger partial charge in [-0.25, -0.2) is 5.43 Å². The van der Waals surface area contributed by atoms with E-state index in [4.69, 9.17) is 9.15 Å². The molecule has 5 rings (SSSR count). The van der Waals surface area contributed by atoms with E-state index in [1.807, 2.05) is 67.6 Å². The first-order valence-electron chi connectivity index (χ1n) is 12.1. The smallest absolute Gasteiger partial charge is 0.290 e. The Morgan fingerprint density at radius 2 is 1.57 bits per heavy atom. The maximum atomic E-state index is 13.4. The fourth-order valence-corrected chi connectivity index (χ4v) is 4.87. The number of amides is 2. The van der Waals surface area contributed by atoms with Gasteiger partial charge in [-0.15, -0.1) is 0 Å². The summed E-state index contributed by atoms with van der Waals surface area (Å²) in [5.41, 5.74) is 7.00. The summed E-state index contributed by atoms with van der Waals surface area (Å²) in [6.07, 6.45) is 2.30. The lowest BCUT2D eigenvalue weighted by molar-refractivity contribution is -0.121. The van der Waals surface area contributed by atoms with Gasteiger partial charge in [-0.1, -0.05) is 60.7 Å². The van der Waals surface area contributed by atoms with Crippen LogP contribution in [-0.4, -0.2) is 48.7 Å². The maximum Gasteiger partial charge on any atom is 0.290 e. The average Bonchev–Trinajstić information content (AvgIpc) is 3.26. The number of morpholine rings is 1. The number of aryl methyl sites for hydroxylation is 1. The number of hydrogen-bond acceptors (Lipinski definition) is 5. The Labute approximate surface area is 204 Å². The molecular formula is C28H29N3O4. The second-order valence-corrected chi connectivity index (χ2v) is 8.90. The van der Waals surface area contributed by atoms with Gasteiger partial charge in [-0.3, -0.25) is 9.59 Å². The number of nitrogens with zero attached hydrogens (tertiary/aromatic N) is 2. The van der Waals surface area contributed by atoms with E-state index in [1.165, 1.54) is 0 Å². The summed E-state index contributed by atoms with van der Waals surface area (Å²) in [5, 5.41) is 4.55. The van der Waals surface area contributed by atoms with Gasteiger partial charge in [0.15, 0.2) is 5.76 Å². The molecule has 0 saturated carbocycles. The SMILES string of the molecule is Cc1c(C(=O)N2CCOCC2)oc2c1/C(=N/NC(=O)C(c1ccccc1)c1ccccc1)CCC2. The van der Waals surface area contributed by atoms with E-state index < -0.39 is 5.92 Å². The molecule has 1 saturated heterocycles. The molecule has 0 radical (unpaired) electrons. The Morgan fingerprint density at radius 1 is 0.943 bits per heavy atom. The third-order valence-electron chi connectivity index (χ3n) is 6.65. The van der Waals surface area contributed by atoms with E-state index in [1.54, 1.807) is 4.90 Å². The second kappa shape index (κ2) is 10.3. The minimum Gasteiger partial charge on any atom is -0.455 e. The largest absolute Gasteiger partial charge is 0.455 e. The molecule has 0 atom stereocenters. The first-order chi connectivity index (χ1) is 17.1. The van der Waals surface area contributed by atoms with Crippen LogP contribution in [0.15, 0.2) is 70.2 Å². The molecule has 1 aliphatic carbocycles. The number of hydrazone groups is 1. The predicted octanol–water partition coefficient (Wildman–Crippen LogP) is 4.05. The Kier molecular flexibility index (Phi) is 6.77. The van der Waals surface area contributed by atoms with E-state index in [0.717, 1.165) is 46.6 Å². The molecule has 7 nitrogen and oxygen atoms in total. The molecule has 0 bridgehead atoms. The van der Waals surface area contributed by atoms with Gasteiger partial charge in [0.25, 0.3) is 11.8 Å². The van der Waals surface area contributed by atoms with Crippen LogP contribution in [0.5, 0.6) is 0 Å². The van der Waals surface area contributed by atoms with Crippen molar-refractivity contribution in [1.82, 2.24) is 10.3 Å². The van der Waals surface area contributed by atoms with Crippen molar-refractivity contribution in [3.8, 4) is 0 Å². The quantitative estimate of drug-likeness (QED) is 0.569. The zero-order valence-corrected chi connectivity index (χ0v) is 19.8. The average molecular weight is 472 g/mol. The summed E-state index contributed by atoms with van der Waals surface area (Å²) < 4.78 is 11.4. The van der Waals surface area contributed by atoms with Crippen LogP contribution in [0.3, 0.4) is 0 Å². The number of ether oxygens (including phenoxy) is 1. The molecule has 1 N–H and O–H groups in total. The summed E-state index contributed by atoms with van der Waals surface area (Å²) in [7, 11) is 0. The van der Waals surface area contributed by atoms with Crippen molar-refractivity contribution >= 4 is 17.5 Å². The van der Waals surface area contributed by atoms with Gasteiger partial charge in [-0.2, -0.15) is 5.10 Å². The number of hydrogen-bond donors (Lipinski definition) is 1. The lowest BCUT2D eigenvalue weighted by atomic mass is 9.90. The molecule has 1 aliphatic heterocycles. The van der Waals surface area contributed by atoms with Crippen molar-refractivity contribution in [2.24, 2.45) is 5.10 Å². The zero-order valence-electron chi connectivity index (χ0n) is 19.8. The molecule has 3 aromatic rings. The fraction of sp³-hybridized carbons (Fsp3) is 0.321. The Hall–Kier alpha value is -3.71. The van der Waals surface area contributed by atoms with E-state index in [9.17, 15) is 9.59 Å². The molecule has 2 aromatic carbocycles. The molecule has 2 heterocycles. The Morgan fingerprint density at radius 3 is 2.20 bits per heavy atom. The monoisotopic (exact) mass is 471 g/mol. The minimum absolute atomic E-state index is 0.114. The van der Waals surface area contributed by atoms with Gasteiger partial charge in [0.05, 0.1) is 24.8 Å². The van der Waals surface area contributed by atoms with E-state index >= 15 is 0 Å². The standard InChI is InChI=1S/C28H29N3O4/c1-19-24-22(13-8-14-23(24)35-26(19)28(33)31-15-17-34-18-16-31)29-30-27(32)25(20-9-4-2-5-10-20)21-11-6-3-7-12-21/h2-7,9-12,25H,8,13-18H2,1H3,(H,30,32)/b29-22+. The lowest BCUT2D eigenvalue weighted by Gasteiger charge is -2.26. The van der Waals surface area contributed by atoms with Crippen molar-refractivity contribution < 1.29 is 18.7 Å². The van der Waals surface area contributed by atoms with E-state index in [0.29, 0.717) is 38.5 Å². The summed E-state index contributed by atoms with van der Waals surface area (Å²) in [6.45, 7) is 4.08. The highest BCUT2D eigenvalue weighted by atomic mass is 16.5. The van der Waals surface area contributed by atoms with Gasteiger partial charge < -0.3 is 14.1 Å². The minimum atomic E-state index is -0.478. The molecule has 0 spiro atoms. The highest BCUT2D eigenvalue weighted by molar-refractivity contribution is 6.07. The molecule has 35 heavy (non-hydrogen) atoms. The third-order valence-corrected chi connectivity index (χ3v) is 6.65. The number of nitrogens with one attached hydrogen (secondary N) is 1. The Bertz CT molecular complexity index is 1190. The number of carbonyl (C=O) groups is 2. The van der Waals surface area contributed by atoms with Gasteiger partial charge in [0, 0.05) is 30.6 Å². The zero-order chi connectivity index (χ0) is 24.2. The van der Waals surface area contributed by atoms with Crippen molar-refractivity contribution in [2.45, 2.75) is 32.1 Å². The van der Waals surface area contributed by atoms with Crippen molar-refractivity contribution in [3.63, 3.8) is 0 Å². The molecule has 1 fully saturated rings. The first-order valence-corrected chi connectivity index (χ1v) is 12.1. The first kappa shape index (κ1) is 23.1. The molecular weight excluding hydrogens is 442 g/mol. The number of furan rings is 1. The van der Waals surface area contributed by atoms with Crippen molar-refractivity contribution in [3.05, 3.63) is 94.4 Å². The number of fused-ring (bicyclic) bond motifs is 1. The van der Waals surface area contributed by atoms with Gasteiger partial charge in [0.1, 0.15) is 5.76 Å². The molecule has 2 amide bonds. The van der Waals surface area contributed by atoms with Crippen LogP contribution in [0.25, 0.3) is 0 Å². The molecule has 0 unspecified atom stereocenters. The van der Waals surface area contributed by atoms with Crippen LogP contribution in [0.4, 0.5) is 0 Å². The van der Waals surface area contributed by atoms with Crippen molar-refractivity contribution in [2.75, 3.05) is 26.3 Å². The van der Waals surface area contributed by atoms with Gasteiger partial charge >= 0.3 is 0 Å². The number of rotatable bonds is 5. The van der Waals surface area contributed by atoms with Crippen molar-refractivity contribution in [1.29, 1.82) is 0 Å². The van der Waals surface area contributed by atoms with E-state index in [-0.39, 0.29) is 11.8 Å². The highest BCUT2D eigenvalue weighted by Crippen LogP contribution is 2.31. The van der Waals surface area contributed by atoms with Gasteiger partial charge in [0.2, 0.25) is 0 Å². The normalized spacial score (nSPS) is 16.9. The topological polar surface area (TPSA) is 84.1 Å². The van der Waals surface area contributed by atoms with Crippen LogP contribution in [0.2, 0.25) is 0 Å². The summed E-state index contributed by atoms with van der Waals surface area (Å²) in [6, 6.07) is 19.4. The summed E-state index contributed by atoms with van der Waals surface area (Å²) in [4.78, 5) is 28.2. The molecule has 1 aromatic heterocycles. The third kappa shape index (κ3) is 4.77. The van der Waals surface area contributed by atoms with Crippen LogP contribution in [0.1, 0.15) is 57.3 Å². The van der Waals surface area contributed by atoms with Crippen LogP contribution >= 0.6 is 0 Å². The van der Waals surface area contributed by atoms with Crippen LogP contribution < -0.4 is 5.43 Å². The fourth-order valence-electron chi connectivity index (χ4n) is 4.87. The molecule has 180 valence electrons. The van der Waals surface area contributed by atoms with E-state index in [2.05, 4.69) is 10.5 Å². The van der Waals surface area contributed by atoms with Gasteiger partial charge in [-0.05, 0) is 30.9 Å². The van der Waals surface area contributed by atoms with Crippen LogP contribution in [-0.2, 0) is 16.0 Å².